The van der Waals surface area contributed by atoms with Gasteiger partial charge in [0.05, 0.1) is 6.10 Å². The number of nitrogens with two attached hydrogens (primary N) is 1. The minimum absolute atomic E-state index is 0.0457. The SMILES string of the molecule is Cc1c(N)ccc(C(O)C(O)CCCl)c1F. The van der Waals surface area contributed by atoms with Gasteiger partial charge in [-0.2, -0.15) is 0 Å². The van der Waals surface area contributed by atoms with E-state index >= 15 is 0 Å². The molecular weight excluding hydrogens is 233 g/mol. The molecule has 16 heavy (non-hydrogen) atoms. The lowest BCUT2D eigenvalue weighted by Gasteiger charge is -2.19. The third kappa shape index (κ3) is 2.64. The smallest absolute Gasteiger partial charge is 0.134 e. The molecule has 0 aliphatic carbocycles. The molecular formula is C11H15ClFNO2. The fourth-order valence-corrected chi connectivity index (χ4v) is 1.65. The molecule has 0 fully saturated rings. The van der Waals surface area contributed by atoms with Gasteiger partial charge in [0.2, 0.25) is 0 Å². The molecule has 0 spiro atoms. The second-order valence-corrected chi connectivity index (χ2v) is 4.05. The van der Waals surface area contributed by atoms with Gasteiger partial charge in [0.1, 0.15) is 11.9 Å². The van der Waals surface area contributed by atoms with E-state index in [0.29, 0.717) is 5.69 Å². The van der Waals surface area contributed by atoms with Gasteiger partial charge >= 0.3 is 0 Å². The standard InChI is InChI=1S/C11H15ClFNO2/c1-6-8(14)3-2-7(10(6)13)11(16)9(15)4-5-12/h2-3,9,11,15-16H,4-5,14H2,1H3. The number of rotatable bonds is 4. The van der Waals surface area contributed by atoms with E-state index in [9.17, 15) is 14.6 Å². The Bertz CT molecular complexity index is 373. The topological polar surface area (TPSA) is 66.5 Å². The van der Waals surface area contributed by atoms with Crippen LogP contribution in [0.2, 0.25) is 0 Å². The first-order valence-electron chi connectivity index (χ1n) is 4.95. The molecule has 5 heteroatoms. The molecule has 1 aromatic carbocycles. The summed E-state index contributed by atoms with van der Waals surface area (Å²) in [6.07, 6.45) is -2.15. The fraction of sp³-hybridized carbons (Fsp3) is 0.455. The van der Waals surface area contributed by atoms with E-state index in [4.69, 9.17) is 17.3 Å². The minimum atomic E-state index is -1.28. The van der Waals surface area contributed by atoms with Crippen LogP contribution in [0.25, 0.3) is 0 Å². The zero-order valence-electron chi connectivity index (χ0n) is 8.95. The number of aliphatic hydroxyl groups is 2. The van der Waals surface area contributed by atoms with E-state index in [-0.39, 0.29) is 23.4 Å². The molecule has 0 aliphatic rings. The summed E-state index contributed by atoms with van der Waals surface area (Å²) >= 11 is 5.44. The Labute approximate surface area is 98.7 Å². The summed E-state index contributed by atoms with van der Waals surface area (Å²) in [5.74, 6) is -0.380. The largest absolute Gasteiger partial charge is 0.398 e. The molecule has 0 amide bonds. The van der Waals surface area contributed by atoms with Crippen molar-refractivity contribution in [2.75, 3.05) is 11.6 Å². The highest BCUT2D eigenvalue weighted by Gasteiger charge is 2.22. The zero-order valence-corrected chi connectivity index (χ0v) is 9.71. The molecule has 2 unspecified atom stereocenters. The highest BCUT2D eigenvalue weighted by Crippen LogP contribution is 2.26. The predicted molar refractivity (Wildman–Crippen MR) is 61.9 cm³/mol. The van der Waals surface area contributed by atoms with Crippen LogP contribution in [0, 0.1) is 12.7 Å². The summed E-state index contributed by atoms with van der Waals surface area (Å²) in [6.45, 7) is 1.52. The van der Waals surface area contributed by atoms with Crippen LogP contribution >= 0.6 is 11.6 Å². The highest BCUT2D eigenvalue weighted by molar-refractivity contribution is 6.17. The van der Waals surface area contributed by atoms with Crippen molar-refractivity contribution in [3.63, 3.8) is 0 Å². The van der Waals surface area contributed by atoms with Crippen LogP contribution in [0.1, 0.15) is 23.7 Å². The molecule has 0 bridgehead atoms. The maximum atomic E-state index is 13.7. The Hall–Kier alpha value is -0.840. The van der Waals surface area contributed by atoms with Crippen molar-refractivity contribution in [3.05, 3.63) is 29.1 Å². The van der Waals surface area contributed by atoms with Crippen LogP contribution in [-0.2, 0) is 0 Å². The Morgan fingerprint density at radius 2 is 2.06 bits per heavy atom. The van der Waals surface area contributed by atoms with Gasteiger partial charge in [0, 0.05) is 22.7 Å². The molecule has 4 N–H and O–H groups in total. The number of halogens is 2. The van der Waals surface area contributed by atoms with Crippen molar-refractivity contribution >= 4 is 17.3 Å². The molecule has 0 saturated heterocycles. The number of hydrogen-bond acceptors (Lipinski definition) is 3. The van der Waals surface area contributed by atoms with Crippen LogP contribution in [0.3, 0.4) is 0 Å². The third-order valence-corrected chi connectivity index (χ3v) is 2.76. The normalized spacial score (nSPS) is 14.8. The van der Waals surface area contributed by atoms with Crippen LogP contribution in [-0.4, -0.2) is 22.2 Å². The van der Waals surface area contributed by atoms with Crippen molar-refractivity contribution < 1.29 is 14.6 Å². The van der Waals surface area contributed by atoms with Gasteiger partial charge in [-0.3, -0.25) is 0 Å². The number of hydrogen-bond donors (Lipinski definition) is 3. The molecule has 90 valence electrons. The number of aliphatic hydroxyl groups excluding tert-OH is 2. The molecule has 0 radical (unpaired) electrons. The molecule has 2 atom stereocenters. The lowest BCUT2D eigenvalue weighted by molar-refractivity contribution is 0.0149. The average molecular weight is 248 g/mol. The van der Waals surface area contributed by atoms with E-state index in [1.165, 1.54) is 19.1 Å². The van der Waals surface area contributed by atoms with Crippen molar-refractivity contribution in [2.45, 2.75) is 25.6 Å². The van der Waals surface area contributed by atoms with Crippen LogP contribution in [0.15, 0.2) is 12.1 Å². The lowest BCUT2D eigenvalue weighted by Crippen LogP contribution is -2.20. The lowest BCUT2D eigenvalue weighted by atomic mass is 9.99. The molecule has 1 aromatic rings. The van der Waals surface area contributed by atoms with Gasteiger partial charge in [0.25, 0.3) is 0 Å². The summed E-state index contributed by atoms with van der Waals surface area (Å²) in [7, 11) is 0. The second-order valence-electron chi connectivity index (χ2n) is 3.67. The number of alkyl halides is 1. The molecule has 0 saturated carbocycles. The third-order valence-electron chi connectivity index (χ3n) is 2.55. The van der Waals surface area contributed by atoms with Crippen LogP contribution in [0.5, 0.6) is 0 Å². The van der Waals surface area contributed by atoms with Crippen LogP contribution < -0.4 is 5.73 Å². The van der Waals surface area contributed by atoms with Gasteiger partial charge in [-0.15, -0.1) is 11.6 Å². The number of nitrogen functional groups attached to an aromatic ring is 1. The molecule has 0 heterocycles. The van der Waals surface area contributed by atoms with Crippen molar-refractivity contribution in [2.24, 2.45) is 0 Å². The first kappa shape index (κ1) is 13.2. The summed E-state index contributed by atoms with van der Waals surface area (Å²) in [4.78, 5) is 0. The summed E-state index contributed by atoms with van der Waals surface area (Å²) in [5, 5.41) is 19.3. The van der Waals surface area contributed by atoms with Crippen molar-refractivity contribution in [1.82, 2.24) is 0 Å². The summed E-state index contributed by atoms with van der Waals surface area (Å²) in [5.41, 5.74) is 6.16. The van der Waals surface area contributed by atoms with Crippen LogP contribution in [0.4, 0.5) is 10.1 Å². The second kappa shape index (κ2) is 5.48. The molecule has 0 aliphatic heterocycles. The Balaban J connectivity index is 3.00. The fourth-order valence-electron chi connectivity index (χ4n) is 1.43. The zero-order chi connectivity index (χ0) is 12.3. The maximum Gasteiger partial charge on any atom is 0.134 e. The van der Waals surface area contributed by atoms with E-state index < -0.39 is 18.0 Å². The van der Waals surface area contributed by atoms with Gasteiger partial charge in [-0.05, 0) is 19.4 Å². The highest BCUT2D eigenvalue weighted by atomic mass is 35.5. The van der Waals surface area contributed by atoms with E-state index in [2.05, 4.69) is 0 Å². The molecule has 1 rings (SSSR count). The Kier molecular flexibility index (Phi) is 4.53. The maximum absolute atomic E-state index is 13.7. The van der Waals surface area contributed by atoms with E-state index in [1.54, 1.807) is 0 Å². The summed E-state index contributed by atoms with van der Waals surface area (Å²) in [6, 6.07) is 2.88. The quantitative estimate of drug-likeness (QED) is 0.561. The number of anilines is 1. The Morgan fingerprint density at radius 1 is 1.44 bits per heavy atom. The monoisotopic (exact) mass is 247 g/mol. The van der Waals surface area contributed by atoms with Crippen molar-refractivity contribution in [3.8, 4) is 0 Å². The van der Waals surface area contributed by atoms with E-state index in [1.807, 2.05) is 0 Å². The van der Waals surface area contributed by atoms with E-state index in [0.717, 1.165) is 0 Å². The minimum Gasteiger partial charge on any atom is -0.398 e. The Morgan fingerprint density at radius 3 is 2.62 bits per heavy atom. The van der Waals surface area contributed by atoms with Gasteiger partial charge in [-0.25, -0.2) is 4.39 Å². The van der Waals surface area contributed by atoms with Gasteiger partial charge in [0.15, 0.2) is 0 Å². The van der Waals surface area contributed by atoms with Gasteiger partial charge < -0.3 is 15.9 Å². The molecule has 0 aromatic heterocycles. The summed E-state index contributed by atoms with van der Waals surface area (Å²) < 4.78 is 13.7. The van der Waals surface area contributed by atoms with Crippen molar-refractivity contribution in [1.29, 1.82) is 0 Å². The first-order valence-corrected chi connectivity index (χ1v) is 5.49. The number of benzene rings is 1. The average Bonchev–Trinajstić information content (AvgIpc) is 2.26. The molecule has 3 nitrogen and oxygen atoms in total. The predicted octanol–water partition coefficient (Wildman–Crippen LogP) is 1.74. The van der Waals surface area contributed by atoms with Gasteiger partial charge in [-0.1, -0.05) is 6.07 Å². The first-order chi connectivity index (χ1) is 7.49.